The molecule has 1 heterocycles. The molecule has 1 aliphatic rings. The lowest BCUT2D eigenvalue weighted by atomic mass is 9.94. The largest absolute Gasteiger partial charge is 0.393 e. The van der Waals surface area contributed by atoms with E-state index in [-0.39, 0.29) is 10.9 Å². The fourth-order valence-electron chi connectivity index (χ4n) is 4.06. The minimum absolute atomic E-state index is 0.214. The number of aromatic nitrogens is 2. The molecule has 4 rings (SSSR count). The van der Waals surface area contributed by atoms with Crippen molar-refractivity contribution < 1.29 is 13.5 Å². The van der Waals surface area contributed by atoms with Crippen LogP contribution in [0.2, 0.25) is 0 Å². The number of aliphatic hydroxyl groups is 1. The van der Waals surface area contributed by atoms with Crippen LogP contribution in [0.4, 0.5) is 5.82 Å². The number of hydrogen-bond acceptors (Lipinski definition) is 5. The molecule has 28 heavy (non-hydrogen) atoms. The molecule has 2 aromatic carbocycles. The monoisotopic (exact) mass is 400 g/mol. The average Bonchev–Trinajstić information content (AvgIpc) is 3.21. The maximum atomic E-state index is 12.7. The van der Waals surface area contributed by atoms with Gasteiger partial charge in [0.05, 0.1) is 16.5 Å². The summed E-state index contributed by atoms with van der Waals surface area (Å²) in [5.41, 5.74) is 10.7. The molecule has 5 N–H and O–H groups in total. The molecular formula is C20H24N4O3S. The van der Waals surface area contributed by atoms with E-state index < -0.39 is 16.1 Å². The van der Waals surface area contributed by atoms with Crippen LogP contribution in [-0.4, -0.2) is 35.9 Å². The maximum absolute atomic E-state index is 12.7. The van der Waals surface area contributed by atoms with Gasteiger partial charge in [0.25, 0.3) is 0 Å². The number of fused-ring (bicyclic) bond motifs is 1. The van der Waals surface area contributed by atoms with E-state index >= 15 is 0 Å². The van der Waals surface area contributed by atoms with E-state index in [4.69, 9.17) is 5.73 Å². The number of nitrogens with one attached hydrogen (secondary N) is 2. The van der Waals surface area contributed by atoms with E-state index in [0.717, 1.165) is 33.2 Å². The number of nitrogens with zero attached hydrogens (tertiary/aromatic N) is 1. The van der Waals surface area contributed by atoms with Crippen molar-refractivity contribution in [2.45, 2.75) is 50.2 Å². The number of nitrogen functional groups attached to an aromatic ring is 1. The topological polar surface area (TPSA) is 121 Å². The number of aromatic amines is 1. The molecule has 0 amide bonds. The van der Waals surface area contributed by atoms with Gasteiger partial charge in [-0.3, -0.25) is 5.10 Å². The van der Waals surface area contributed by atoms with Gasteiger partial charge >= 0.3 is 0 Å². The van der Waals surface area contributed by atoms with E-state index in [9.17, 15) is 13.5 Å². The molecule has 0 spiro atoms. The van der Waals surface area contributed by atoms with Gasteiger partial charge in [0.1, 0.15) is 0 Å². The van der Waals surface area contributed by atoms with Gasteiger partial charge in [-0.15, -0.1) is 0 Å². The first-order valence-electron chi connectivity index (χ1n) is 9.31. The zero-order valence-electron chi connectivity index (χ0n) is 15.9. The molecule has 8 heteroatoms. The Morgan fingerprint density at radius 1 is 1.18 bits per heavy atom. The zero-order valence-corrected chi connectivity index (χ0v) is 16.7. The van der Waals surface area contributed by atoms with Crippen LogP contribution in [0, 0.1) is 13.8 Å². The van der Waals surface area contributed by atoms with E-state index in [0.29, 0.717) is 25.1 Å². The van der Waals surface area contributed by atoms with Gasteiger partial charge < -0.3 is 10.8 Å². The van der Waals surface area contributed by atoms with Gasteiger partial charge in [0.15, 0.2) is 5.82 Å². The highest BCUT2D eigenvalue weighted by Crippen LogP contribution is 2.34. The van der Waals surface area contributed by atoms with Crippen molar-refractivity contribution in [3.63, 3.8) is 0 Å². The average molecular weight is 401 g/mol. The summed E-state index contributed by atoms with van der Waals surface area (Å²) >= 11 is 0. The Bertz CT molecular complexity index is 1150. The lowest BCUT2D eigenvalue weighted by molar-refractivity contribution is 0.181. The predicted molar refractivity (Wildman–Crippen MR) is 109 cm³/mol. The number of aryl methyl sites for hydroxylation is 2. The van der Waals surface area contributed by atoms with Crippen LogP contribution in [0.25, 0.3) is 22.0 Å². The number of H-pyrrole nitrogens is 1. The number of rotatable bonds is 4. The smallest absolute Gasteiger partial charge is 0.240 e. The summed E-state index contributed by atoms with van der Waals surface area (Å²) < 4.78 is 28.2. The summed E-state index contributed by atoms with van der Waals surface area (Å²) in [6.45, 7) is 3.89. The quantitative estimate of drug-likeness (QED) is 0.536. The standard InChI is InChI=1S/C20H24N4O3S/c1-11-9-15(28(26,27)24-13-3-4-14(25)10-13)5-6-16(11)17-7-8-18-19(12(17)2)20(21)23-22-18/h5-9,13-14,24-25H,3-4,10H2,1-2H3,(H3,21,22,23)/t13-,14+/m1/s1. The predicted octanol–water partition coefficient (Wildman–Crippen LogP) is 2.62. The molecule has 0 unspecified atom stereocenters. The fourth-order valence-corrected chi connectivity index (χ4v) is 5.43. The van der Waals surface area contributed by atoms with Crippen molar-refractivity contribution in [3.8, 4) is 11.1 Å². The van der Waals surface area contributed by atoms with Gasteiger partial charge in [-0.1, -0.05) is 12.1 Å². The van der Waals surface area contributed by atoms with Gasteiger partial charge in [-0.05, 0) is 73.6 Å². The second-order valence-electron chi connectivity index (χ2n) is 7.53. The van der Waals surface area contributed by atoms with E-state index in [1.54, 1.807) is 12.1 Å². The first-order valence-corrected chi connectivity index (χ1v) is 10.8. The van der Waals surface area contributed by atoms with Crippen molar-refractivity contribution in [2.24, 2.45) is 0 Å². The van der Waals surface area contributed by atoms with Crippen LogP contribution < -0.4 is 10.5 Å². The molecule has 1 aliphatic carbocycles. The second kappa shape index (κ2) is 6.88. The fraction of sp³-hybridized carbons (Fsp3) is 0.350. The van der Waals surface area contributed by atoms with E-state index in [1.165, 1.54) is 0 Å². The summed E-state index contributed by atoms with van der Waals surface area (Å²) in [5, 5.41) is 17.5. The van der Waals surface area contributed by atoms with Crippen LogP contribution in [-0.2, 0) is 10.0 Å². The summed E-state index contributed by atoms with van der Waals surface area (Å²) in [5.74, 6) is 0.453. The summed E-state index contributed by atoms with van der Waals surface area (Å²) in [4.78, 5) is 0.233. The molecule has 1 fully saturated rings. The maximum Gasteiger partial charge on any atom is 0.240 e. The molecule has 2 atom stereocenters. The Labute approximate surface area is 164 Å². The van der Waals surface area contributed by atoms with Crippen LogP contribution in [0.5, 0.6) is 0 Å². The molecule has 0 bridgehead atoms. The van der Waals surface area contributed by atoms with Crippen molar-refractivity contribution in [1.29, 1.82) is 0 Å². The lowest BCUT2D eigenvalue weighted by Gasteiger charge is -2.15. The molecule has 3 aromatic rings. The highest BCUT2D eigenvalue weighted by molar-refractivity contribution is 7.89. The Hall–Kier alpha value is -2.42. The molecular weight excluding hydrogens is 376 g/mol. The minimum atomic E-state index is -3.63. The van der Waals surface area contributed by atoms with Crippen LogP contribution >= 0.6 is 0 Å². The minimum Gasteiger partial charge on any atom is -0.393 e. The van der Waals surface area contributed by atoms with Crippen LogP contribution in [0.15, 0.2) is 35.2 Å². The first kappa shape index (κ1) is 18.9. The summed E-state index contributed by atoms with van der Waals surface area (Å²) in [6, 6.07) is 8.85. The molecule has 1 aromatic heterocycles. The molecule has 0 radical (unpaired) electrons. The van der Waals surface area contributed by atoms with Gasteiger partial charge in [-0.2, -0.15) is 5.10 Å². The number of benzene rings is 2. The van der Waals surface area contributed by atoms with Crippen LogP contribution in [0.1, 0.15) is 30.4 Å². The molecule has 0 saturated heterocycles. The summed E-state index contributed by atoms with van der Waals surface area (Å²) in [7, 11) is -3.63. The SMILES string of the molecule is Cc1cc(S(=O)(=O)N[C@@H]2CC[C@H](O)C2)ccc1-c1ccc2[nH]nc(N)c2c1C. The Morgan fingerprint density at radius 3 is 2.61 bits per heavy atom. The third-order valence-corrected chi connectivity index (χ3v) is 7.06. The Kier molecular flexibility index (Phi) is 4.65. The van der Waals surface area contributed by atoms with Gasteiger partial charge in [0.2, 0.25) is 10.0 Å². The summed E-state index contributed by atoms with van der Waals surface area (Å²) in [6.07, 6.45) is 1.32. The number of nitrogens with two attached hydrogens (primary N) is 1. The molecule has 7 nitrogen and oxygen atoms in total. The highest BCUT2D eigenvalue weighted by atomic mass is 32.2. The van der Waals surface area contributed by atoms with Gasteiger partial charge in [-0.25, -0.2) is 13.1 Å². The van der Waals surface area contributed by atoms with Crippen molar-refractivity contribution in [1.82, 2.24) is 14.9 Å². The second-order valence-corrected chi connectivity index (χ2v) is 9.25. The van der Waals surface area contributed by atoms with Crippen molar-refractivity contribution >= 4 is 26.7 Å². The molecule has 1 saturated carbocycles. The van der Waals surface area contributed by atoms with Crippen molar-refractivity contribution in [2.75, 3.05) is 5.73 Å². The van der Waals surface area contributed by atoms with E-state index in [1.807, 2.05) is 32.0 Å². The Balaban J connectivity index is 1.69. The lowest BCUT2D eigenvalue weighted by Crippen LogP contribution is -2.33. The normalized spacial score (nSPS) is 20.1. The molecule has 0 aliphatic heterocycles. The number of anilines is 1. The molecule has 148 valence electrons. The third-order valence-electron chi connectivity index (χ3n) is 5.54. The van der Waals surface area contributed by atoms with Gasteiger partial charge in [0, 0.05) is 11.4 Å². The van der Waals surface area contributed by atoms with Crippen molar-refractivity contribution in [3.05, 3.63) is 41.5 Å². The number of sulfonamides is 1. The Morgan fingerprint density at radius 2 is 1.93 bits per heavy atom. The zero-order chi connectivity index (χ0) is 20.1. The number of hydrogen-bond donors (Lipinski definition) is 4. The van der Waals surface area contributed by atoms with Crippen LogP contribution in [0.3, 0.4) is 0 Å². The first-order chi connectivity index (χ1) is 13.3. The third kappa shape index (κ3) is 3.28. The highest BCUT2D eigenvalue weighted by Gasteiger charge is 2.27. The number of aliphatic hydroxyl groups excluding tert-OH is 1. The van der Waals surface area contributed by atoms with E-state index in [2.05, 4.69) is 14.9 Å².